The lowest BCUT2D eigenvalue weighted by atomic mass is 10.1. The number of anilines is 2. The van der Waals surface area contributed by atoms with Gasteiger partial charge in [-0.25, -0.2) is 15.0 Å². The quantitative estimate of drug-likeness (QED) is 0.330. The predicted octanol–water partition coefficient (Wildman–Crippen LogP) is 5.15. The van der Waals surface area contributed by atoms with Gasteiger partial charge in [0.15, 0.2) is 17.3 Å². The third-order valence-electron chi connectivity index (χ3n) is 5.43. The number of nitrogens with two attached hydrogens (primary N) is 1. The van der Waals surface area contributed by atoms with E-state index in [1.807, 2.05) is 24.3 Å². The maximum absolute atomic E-state index is 12.9. The summed E-state index contributed by atoms with van der Waals surface area (Å²) in [6.45, 7) is 0.770. The topological polar surface area (TPSA) is 94.5 Å². The molecule has 0 atom stereocenters. The number of benzene rings is 2. The Bertz CT molecular complexity index is 1460. The molecule has 10 heteroatoms. The molecule has 0 radical (unpaired) electrons. The fourth-order valence-corrected chi connectivity index (χ4v) is 3.67. The first kappa shape index (κ1) is 22.3. The summed E-state index contributed by atoms with van der Waals surface area (Å²) in [5, 5.41) is 3.31. The standard InChI is InChI=1S/C25H20F3N7/c26-25(27,28)19-8-6-16(7-9-19)14-35-15-32-21-23(31-13-17-3-2-10-30-12-17)33-22(34-24(21)35)18-4-1-5-20(29)11-18/h1-12,15H,13-14,29H2,(H,31,33,34). The van der Waals surface area contributed by atoms with E-state index in [9.17, 15) is 13.2 Å². The van der Waals surface area contributed by atoms with Gasteiger partial charge in [-0.05, 0) is 41.5 Å². The summed E-state index contributed by atoms with van der Waals surface area (Å²) in [7, 11) is 0. The van der Waals surface area contributed by atoms with Crippen LogP contribution in [-0.2, 0) is 19.3 Å². The van der Waals surface area contributed by atoms with Gasteiger partial charge in [-0.1, -0.05) is 30.3 Å². The third kappa shape index (κ3) is 4.91. The monoisotopic (exact) mass is 475 g/mol. The summed E-state index contributed by atoms with van der Waals surface area (Å²) in [5.74, 6) is 0.982. The molecule has 176 valence electrons. The summed E-state index contributed by atoms with van der Waals surface area (Å²) in [5.41, 5.74) is 9.33. The Morgan fingerprint density at radius 1 is 0.943 bits per heavy atom. The van der Waals surface area contributed by atoms with Gasteiger partial charge in [0, 0.05) is 30.2 Å². The average Bonchev–Trinajstić information content (AvgIpc) is 3.25. The highest BCUT2D eigenvalue weighted by atomic mass is 19.4. The van der Waals surface area contributed by atoms with Gasteiger partial charge in [-0.15, -0.1) is 0 Å². The smallest absolute Gasteiger partial charge is 0.399 e. The van der Waals surface area contributed by atoms with E-state index in [0.717, 1.165) is 23.3 Å². The Kier molecular flexibility index (Phi) is 5.77. The minimum absolute atomic E-state index is 0.296. The Hall–Kier alpha value is -4.47. The van der Waals surface area contributed by atoms with Gasteiger partial charge in [0.25, 0.3) is 0 Å². The van der Waals surface area contributed by atoms with Crippen LogP contribution < -0.4 is 11.1 Å². The van der Waals surface area contributed by atoms with Crippen LogP contribution in [0.25, 0.3) is 22.6 Å². The molecule has 0 aliphatic rings. The van der Waals surface area contributed by atoms with Crippen LogP contribution in [0.15, 0.2) is 79.4 Å². The van der Waals surface area contributed by atoms with Crippen molar-refractivity contribution in [2.24, 2.45) is 0 Å². The van der Waals surface area contributed by atoms with Gasteiger partial charge in [0.05, 0.1) is 18.4 Å². The molecule has 0 bridgehead atoms. The first-order chi connectivity index (χ1) is 16.9. The molecular formula is C25H20F3N7. The number of hydrogen-bond acceptors (Lipinski definition) is 6. The summed E-state index contributed by atoms with van der Waals surface area (Å²) in [6.07, 6.45) is 0.685. The number of rotatable bonds is 6. The first-order valence-corrected chi connectivity index (χ1v) is 10.7. The van der Waals surface area contributed by atoms with Gasteiger partial charge in [0.1, 0.15) is 5.52 Å². The molecule has 0 saturated carbocycles. The highest BCUT2D eigenvalue weighted by Gasteiger charge is 2.30. The zero-order chi connectivity index (χ0) is 24.4. The highest BCUT2D eigenvalue weighted by molar-refractivity contribution is 5.85. The molecule has 2 aromatic carbocycles. The van der Waals surface area contributed by atoms with Crippen LogP contribution in [-0.4, -0.2) is 24.5 Å². The number of nitrogen functional groups attached to an aromatic ring is 1. The van der Waals surface area contributed by atoms with Crippen LogP contribution in [0.4, 0.5) is 24.7 Å². The van der Waals surface area contributed by atoms with Crippen molar-refractivity contribution in [1.29, 1.82) is 0 Å². The normalized spacial score (nSPS) is 11.6. The number of halogens is 3. The van der Waals surface area contributed by atoms with Crippen LogP contribution in [0.2, 0.25) is 0 Å². The van der Waals surface area contributed by atoms with Crippen molar-refractivity contribution < 1.29 is 13.2 Å². The minimum Gasteiger partial charge on any atom is -0.399 e. The van der Waals surface area contributed by atoms with Crippen molar-refractivity contribution in [2.75, 3.05) is 11.1 Å². The number of fused-ring (bicyclic) bond motifs is 1. The zero-order valence-corrected chi connectivity index (χ0v) is 18.4. The van der Waals surface area contributed by atoms with Crippen molar-refractivity contribution in [3.63, 3.8) is 0 Å². The molecule has 5 aromatic rings. The minimum atomic E-state index is -4.38. The number of hydrogen-bond donors (Lipinski definition) is 2. The van der Waals surface area contributed by atoms with Crippen LogP contribution in [0.1, 0.15) is 16.7 Å². The van der Waals surface area contributed by atoms with Gasteiger partial charge < -0.3 is 15.6 Å². The lowest BCUT2D eigenvalue weighted by molar-refractivity contribution is -0.137. The molecule has 3 aromatic heterocycles. The molecule has 0 unspecified atom stereocenters. The second kappa shape index (κ2) is 9.05. The lowest BCUT2D eigenvalue weighted by Crippen LogP contribution is -2.07. The predicted molar refractivity (Wildman–Crippen MR) is 127 cm³/mol. The molecule has 0 fully saturated rings. The second-order valence-corrected chi connectivity index (χ2v) is 7.98. The zero-order valence-electron chi connectivity index (χ0n) is 18.4. The van der Waals surface area contributed by atoms with Crippen molar-refractivity contribution in [3.8, 4) is 11.4 Å². The van der Waals surface area contributed by atoms with Crippen LogP contribution in [0.5, 0.6) is 0 Å². The van der Waals surface area contributed by atoms with Gasteiger partial charge >= 0.3 is 6.18 Å². The summed E-state index contributed by atoms with van der Waals surface area (Å²) in [6, 6.07) is 16.1. The lowest BCUT2D eigenvalue weighted by Gasteiger charge is -2.11. The highest BCUT2D eigenvalue weighted by Crippen LogP contribution is 2.30. The first-order valence-electron chi connectivity index (χ1n) is 10.7. The van der Waals surface area contributed by atoms with E-state index < -0.39 is 11.7 Å². The average molecular weight is 475 g/mol. The molecule has 3 heterocycles. The molecule has 0 saturated heterocycles. The molecule has 7 nitrogen and oxygen atoms in total. The van der Waals surface area contributed by atoms with Crippen LogP contribution in [0.3, 0.4) is 0 Å². The van der Waals surface area contributed by atoms with E-state index in [0.29, 0.717) is 47.1 Å². The number of imidazole rings is 1. The molecule has 0 aliphatic carbocycles. The van der Waals surface area contributed by atoms with Crippen molar-refractivity contribution in [2.45, 2.75) is 19.3 Å². The van der Waals surface area contributed by atoms with Crippen LogP contribution >= 0.6 is 0 Å². The fraction of sp³-hybridized carbons (Fsp3) is 0.120. The summed E-state index contributed by atoms with van der Waals surface area (Å²) in [4.78, 5) is 18.0. The largest absolute Gasteiger partial charge is 0.416 e. The molecular weight excluding hydrogens is 455 g/mol. The molecule has 0 spiro atoms. The van der Waals surface area contributed by atoms with Crippen molar-refractivity contribution >= 4 is 22.7 Å². The number of alkyl halides is 3. The van der Waals surface area contributed by atoms with Crippen molar-refractivity contribution in [3.05, 3.63) is 96.1 Å². The molecule has 35 heavy (non-hydrogen) atoms. The number of pyridine rings is 1. The van der Waals surface area contributed by atoms with Gasteiger partial charge in [-0.2, -0.15) is 13.2 Å². The van der Waals surface area contributed by atoms with E-state index in [1.54, 1.807) is 35.4 Å². The fourth-order valence-electron chi connectivity index (χ4n) is 3.67. The maximum atomic E-state index is 12.9. The van der Waals surface area contributed by atoms with E-state index >= 15 is 0 Å². The van der Waals surface area contributed by atoms with E-state index in [4.69, 9.17) is 10.7 Å². The number of aromatic nitrogens is 5. The molecule has 0 amide bonds. The Morgan fingerprint density at radius 3 is 2.49 bits per heavy atom. The van der Waals surface area contributed by atoms with Gasteiger partial charge in [-0.3, -0.25) is 4.98 Å². The Balaban J connectivity index is 1.53. The molecule has 0 aliphatic heterocycles. The SMILES string of the molecule is Nc1cccc(-c2nc(NCc3cccnc3)c3ncn(Cc4ccc(C(F)(F)F)cc4)c3n2)c1. The van der Waals surface area contributed by atoms with E-state index in [2.05, 4.69) is 20.3 Å². The van der Waals surface area contributed by atoms with E-state index in [1.165, 1.54) is 12.1 Å². The molecule has 3 N–H and O–H groups in total. The van der Waals surface area contributed by atoms with Gasteiger partial charge in [0.2, 0.25) is 0 Å². The number of nitrogens with one attached hydrogen (secondary N) is 1. The number of nitrogens with zero attached hydrogens (tertiary/aromatic N) is 5. The van der Waals surface area contributed by atoms with E-state index in [-0.39, 0.29) is 0 Å². The summed E-state index contributed by atoms with van der Waals surface area (Å²) >= 11 is 0. The molecule has 5 rings (SSSR count). The maximum Gasteiger partial charge on any atom is 0.416 e. The van der Waals surface area contributed by atoms with Crippen LogP contribution in [0, 0.1) is 0 Å². The van der Waals surface area contributed by atoms with Crippen molar-refractivity contribution in [1.82, 2.24) is 24.5 Å². The third-order valence-corrected chi connectivity index (χ3v) is 5.43. The Morgan fingerprint density at radius 2 is 1.77 bits per heavy atom. The summed E-state index contributed by atoms with van der Waals surface area (Å²) < 4.78 is 40.6. The Labute approximate surface area is 198 Å². The second-order valence-electron chi connectivity index (χ2n) is 7.98.